The predicted molar refractivity (Wildman–Crippen MR) is 69.5 cm³/mol. The molecule has 82 valence electrons. The van der Waals surface area contributed by atoms with Gasteiger partial charge in [0.15, 0.2) is 5.82 Å². The molecule has 1 N–H and O–H groups in total. The average molecular weight is 278 g/mol. The van der Waals surface area contributed by atoms with Gasteiger partial charge in [-0.25, -0.2) is 0 Å². The molecule has 1 heterocycles. The molecule has 0 saturated carbocycles. The summed E-state index contributed by atoms with van der Waals surface area (Å²) in [5, 5.41) is 11.3. The van der Waals surface area contributed by atoms with E-state index in [-0.39, 0.29) is 0 Å². The van der Waals surface area contributed by atoms with E-state index in [1.807, 2.05) is 44.3 Å². The van der Waals surface area contributed by atoms with Crippen molar-refractivity contribution >= 4 is 21.7 Å². The van der Waals surface area contributed by atoms with E-state index in [4.69, 9.17) is 0 Å². The lowest BCUT2D eigenvalue weighted by Crippen LogP contribution is -1.98. The molecule has 0 spiro atoms. The van der Waals surface area contributed by atoms with E-state index in [0.29, 0.717) is 0 Å². The van der Waals surface area contributed by atoms with Gasteiger partial charge < -0.3 is 5.32 Å². The zero-order valence-corrected chi connectivity index (χ0v) is 10.7. The molecule has 0 aliphatic carbocycles. The van der Waals surface area contributed by atoms with Crippen molar-refractivity contribution in [2.45, 2.75) is 6.92 Å². The second-order valence-corrected chi connectivity index (χ2v) is 4.44. The van der Waals surface area contributed by atoms with E-state index in [2.05, 4.69) is 31.4 Å². The Balaban J connectivity index is 2.45. The average Bonchev–Trinajstić information content (AvgIpc) is 2.29. The monoisotopic (exact) mass is 277 g/mol. The fraction of sp³-hybridized carbons (Fsp3) is 0.167. The molecule has 0 amide bonds. The Morgan fingerprint density at radius 3 is 2.62 bits per heavy atom. The largest absolute Gasteiger partial charge is 0.371 e. The number of anilines is 1. The Morgan fingerprint density at radius 1 is 1.19 bits per heavy atom. The fourth-order valence-electron chi connectivity index (χ4n) is 1.52. The van der Waals surface area contributed by atoms with E-state index in [1.54, 1.807) is 0 Å². The molecule has 0 fully saturated rings. The molecule has 0 radical (unpaired) electrons. The highest BCUT2D eigenvalue weighted by Crippen LogP contribution is 2.22. The van der Waals surface area contributed by atoms with E-state index >= 15 is 0 Å². The fourth-order valence-corrected chi connectivity index (χ4v) is 1.92. The molecule has 4 heteroatoms. The summed E-state index contributed by atoms with van der Waals surface area (Å²) in [6, 6.07) is 10.1. The maximum Gasteiger partial charge on any atom is 0.151 e. The molecule has 0 unspecified atom stereocenters. The van der Waals surface area contributed by atoms with Gasteiger partial charge in [-0.2, -0.15) is 0 Å². The normalized spacial score (nSPS) is 10.2. The molecule has 16 heavy (non-hydrogen) atoms. The summed E-state index contributed by atoms with van der Waals surface area (Å²) in [7, 11) is 1.84. The molecule has 2 rings (SSSR count). The first-order chi connectivity index (χ1) is 7.70. The predicted octanol–water partition coefficient (Wildman–Crippen LogP) is 3.26. The van der Waals surface area contributed by atoms with Gasteiger partial charge in [-0.1, -0.05) is 28.1 Å². The third-order valence-corrected chi connectivity index (χ3v) is 2.83. The maximum atomic E-state index is 4.19. The van der Waals surface area contributed by atoms with Gasteiger partial charge in [-0.3, -0.25) is 0 Å². The van der Waals surface area contributed by atoms with E-state index in [0.717, 1.165) is 27.1 Å². The lowest BCUT2D eigenvalue weighted by Gasteiger charge is -2.05. The van der Waals surface area contributed by atoms with Gasteiger partial charge >= 0.3 is 0 Å². The third kappa shape index (κ3) is 2.22. The van der Waals surface area contributed by atoms with Gasteiger partial charge in [0.05, 0.1) is 5.69 Å². The molecule has 1 aromatic heterocycles. The van der Waals surface area contributed by atoms with Crippen molar-refractivity contribution in [3.05, 3.63) is 40.4 Å². The van der Waals surface area contributed by atoms with Crippen molar-refractivity contribution in [2.75, 3.05) is 12.4 Å². The number of aromatic nitrogens is 2. The van der Waals surface area contributed by atoms with Crippen LogP contribution in [0.5, 0.6) is 0 Å². The van der Waals surface area contributed by atoms with Crippen LogP contribution in [0, 0.1) is 6.92 Å². The Kier molecular flexibility index (Phi) is 3.19. The van der Waals surface area contributed by atoms with Crippen LogP contribution in [-0.2, 0) is 0 Å². The minimum atomic E-state index is 0.818. The van der Waals surface area contributed by atoms with Crippen molar-refractivity contribution in [3.8, 4) is 11.3 Å². The maximum absolute atomic E-state index is 4.19. The highest BCUT2D eigenvalue weighted by Gasteiger charge is 2.04. The summed E-state index contributed by atoms with van der Waals surface area (Å²) in [6.07, 6.45) is 0. The highest BCUT2D eigenvalue weighted by molar-refractivity contribution is 9.10. The van der Waals surface area contributed by atoms with Crippen molar-refractivity contribution < 1.29 is 0 Å². The Labute approximate surface area is 103 Å². The topological polar surface area (TPSA) is 37.8 Å². The van der Waals surface area contributed by atoms with Crippen molar-refractivity contribution in [1.82, 2.24) is 10.2 Å². The Morgan fingerprint density at radius 2 is 2.00 bits per heavy atom. The Bertz CT molecular complexity index is 511. The zero-order chi connectivity index (χ0) is 11.5. The standard InChI is InChI=1S/C12H12BrN3/c1-8-6-11(15-16-12(8)14-2)9-4-3-5-10(13)7-9/h3-7H,1-2H3,(H,14,16). The summed E-state index contributed by atoms with van der Waals surface area (Å²) in [4.78, 5) is 0. The second kappa shape index (κ2) is 4.61. The first-order valence-electron chi connectivity index (χ1n) is 4.98. The molecule has 0 bridgehead atoms. The number of aryl methyl sites for hydroxylation is 1. The van der Waals surface area contributed by atoms with Gasteiger partial charge in [0.2, 0.25) is 0 Å². The summed E-state index contributed by atoms with van der Waals surface area (Å²) in [5.74, 6) is 0.818. The van der Waals surface area contributed by atoms with Gasteiger partial charge in [0.25, 0.3) is 0 Å². The lowest BCUT2D eigenvalue weighted by molar-refractivity contribution is 1.02. The molecule has 2 aromatic rings. The zero-order valence-electron chi connectivity index (χ0n) is 9.16. The van der Waals surface area contributed by atoms with Gasteiger partial charge in [-0.05, 0) is 30.7 Å². The van der Waals surface area contributed by atoms with Crippen LogP contribution in [0.2, 0.25) is 0 Å². The number of benzene rings is 1. The van der Waals surface area contributed by atoms with Gasteiger partial charge in [0, 0.05) is 17.1 Å². The van der Waals surface area contributed by atoms with Crippen LogP contribution < -0.4 is 5.32 Å². The summed E-state index contributed by atoms with van der Waals surface area (Å²) in [6.45, 7) is 2.02. The number of nitrogens with zero attached hydrogens (tertiary/aromatic N) is 2. The number of hydrogen-bond donors (Lipinski definition) is 1. The molecule has 1 aromatic carbocycles. The van der Waals surface area contributed by atoms with Crippen LogP contribution in [0.3, 0.4) is 0 Å². The van der Waals surface area contributed by atoms with Crippen LogP contribution >= 0.6 is 15.9 Å². The first-order valence-corrected chi connectivity index (χ1v) is 5.78. The number of halogens is 1. The molecular formula is C12H12BrN3. The van der Waals surface area contributed by atoms with Crippen molar-refractivity contribution in [1.29, 1.82) is 0 Å². The molecule has 0 saturated heterocycles. The van der Waals surface area contributed by atoms with Crippen LogP contribution in [0.15, 0.2) is 34.8 Å². The summed E-state index contributed by atoms with van der Waals surface area (Å²) in [5.41, 5.74) is 3.04. The smallest absolute Gasteiger partial charge is 0.151 e. The van der Waals surface area contributed by atoms with Crippen LogP contribution in [0.1, 0.15) is 5.56 Å². The van der Waals surface area contributed by atoms with Crippen LogP contribution in [0.25, 0.3) is 11.3 Å². The molecular weight excluding hydrogens is 266 g/mol. The Hall–Kier alpha value is -1.42. The van der Waals surface area contributed by atoms with E-state index in [1.165, 1.54) is 0 Å². The SMILES string of the molecule is CNc1nnc(-c2cccc(Br)c2)cc1C. The quantitative estimate of drug-likeness (QED) is 0.916. The highest BCUT2D eigenvalue weighted by atomic mass is 79.9. The minimum Gasteiger partial charge on any atom is -0.371 e. The molecule has 0 aliphatic rings. The molecule has 0 atom stereocenters. The molecule has 3 nitrogen and oxygen atoms in total. The summed E-state index contributed by atoms with van der Waals surface area (Å²) < 4.78 is 1.04. The first kappa shape index (κ1) is 11.1. The second-order valence-electron chi connectivity index (χ2n) is 3.52. The van der Waals surface area contributed by atoms with Crippen LogP contribution in [0.4, 0.5) is 5.82 Å². The van der Waals surface area contributed by atoms with Crippen LogP contribution in [-0.4, -0.2) is 17.2 Å². The molecule has 0 aliphatic heterocycles. The number of hydrogen-bond acceptors (Lipinski definition) is 3. The van der Waals surface area contributed by atoms with Gasteiger partial charge in [-0.15, -0.1) is 10.2 Å². The number of nitrogens with one attached hydrogen (secondary N) is 1. The van der Waals surface area contributed by atoms with Crippen molar-refractivity contribution in [2.24, 2.45) is 0 Å². The third-order valence-electron chi connectivity index (χ3n) is 2.34. The van der Waals surface area contributed by atoms with Gasteiger partial charge in [0.1, 0.15) is 0 Å². The summed E-state index contributed by atoms with van der Waals surface area (Å²) >= 11 is 3.45. The van der Waals surface area contributed by atoms with E-state index in [9.17, 15) is 0 Å². The van der Waals surface area contributed by atoms with Crippen molar-refractivity contribution in [3.63, 3.8) is 0 Å². The number of rotatable bonds is 2. The minimum absolute atomic E-state index is 0.818. The van der Waals surface area contributed by atoms with E-state index < -0.39 is 0 Å². The lowest BCUT2D eigenvalue weighted by atomic mass is 10.1.